The zero-order valence-electron chi connectivity index (χ0n) is 14.2. The molecule has 2 aromatic carbocycles. The van der Waals surface area contributed by atoms with Gasteiger partial charge in [0.2, 0.25) is 0 Å². The number of fused-ring (bicyclic) bond motifs is 1. The number of nitrogens with one attached hydrogen (secondary N) is 1. The van der Waals surface area contributed by atoms with E-state index in [1.807, 2.05) is 12.4 Å². The normalized spacial score (nSPS) is 14.9. The molecule has 0 bridgehead atoms. The lowest BCUT2D eigenvalue weighted by Crippen LogP contribution is -2.34. The molecule has 3 aromatic rings. The van der Waals surface area contributed by atoms with E-state index in [2.05, 4.69) is 58.8 Å². The first kappa shape index (κ1) is 17.7. The molecule has 0 saturated carbocycles. The van der Waals surface area contributed by atoms with Gasteiger partial charge in [-0.15, -0.1) is 12.4 Å². The van der Waals surface area contributed by atoms with Crippen LogP contribution in [0, 0.1) is 0 Å². The number of nitrogens with zero attached hydrogens (tertiary/aromatic N) is 1. The molecule has 0 radical (unpaired) electrons. The molecule has 1 saturated heterocycles. The van der Waals surface area contributed by atoms with Gasteiger partial charge in [0.15, 0.2) is 0 Å². The number of benzene rings is 2. The van der Waals surface area contributed by atoms with Crippen molar-refractivity contribution in [3.05, 3.63) is 72.1 Å². The van der Waals surface area contributed by atoms with Crippen LogP contribution in [0.25, 0.3) is 10.8 Å². The third kappa shape index (κ3) is 4.30. The second-order valence-electron chi connectivity index (χ2n) is 6.41. The van der Waals surface area contributed by atoms with Crippen molar-refractivity contribution in [1.29, 1.82) is 0 Å². The van der Waals surface area contributed by atoms with E-state index in [1.54, 1.807) is 0 Å². The quantitative estimate of drug-likeness (QED) is 0.755. The maximum Gasteiger partial charge on any atom is 0.120 e. The first-order valence-corrected chi connectivity index (χ1v) is 8.66. The highest BCUT2D eigenvalue weighted by molar-refractivity contribution is 5.86. The fourth-order valence-corrected chi connectivity index (χ4v) is 3.34. The summed E-state index contributed by atoms with van der Waals surface area (Å²) in [7, 11) is 0. The Morgan fingerprint density at radius 3 is 2.60 bits per heavy atom. The van der Waals surface area contributed by atoms with Gasteiger partial charge >= 0.3 is 0 Å². The second kappa shape index (κ2) is 8.32. The fraction of sp³-hybridized carbons (Fsp3) is 0.286. The molecule has 3 nitrogen and oxygen atoms in total. The number of ether oxygens (including phenoxy) is 1. The molecular weight excluding hydrogens is 332 g/mol. The smallest absolute Gasteiger partial charge is 0.120 e. The molecular formula is C21H23ClN2O. The van der Waals surface area contributed by atoms with Crippen LogP contribution in [0.2, 0.25) is 0 Å². The van der Waals surface area contributed by atoms with Gasteiger partial charge in [-0.05, 0) is 67.1 Å². The Labute approximate surface area is 154 Å². The third-order valence-corrected chi connectivity index (χ3v) is 4.64. The Morgan fingerprint density at radius 2 is 1.80 bits per heavy atom. The van der Waals surface area contributed by atoms with E-state index >= 15 is 0 Å². The largest absolute Gasteiger partial charge is 0.490 e. The van der Waals surface area contributed by atoms with E-state index in [4.69, 9.17) is 4.74 Å². The molecule has 4 rings (SSSR count). The van der Waals surface area contributed by atoms with E-state index in [9.17, 15) is 0 Å². The van der Waals surface area contributed by atoms with Crippen molar-refractivity contribution in [2.75, 3.05) is 13.1 Å². The monoisotopic (exact) mass is 354 g/mol. The van der Waals surface area contributed by atoms with Gasteiger partial charge < -0.3 is 10.1 Å². The average Bonchev–Trinajstić information content (AvgIpc) is 2.64. The molecule has 1 fully saturated rings. The summed E-state index contributed by atoms with van der Waals surface area (Å²) in [5.41, 5.74) is 2.55. The van der Waals surface area contributed by atoms with Gasteiger partial charge in [-0.3, -0.25) is 4.98 Å². The predicted octanol–water partition coefficient (Wildman–Crippen LogP) is 4.38. The van der Waals surface area contributed by atoms with Crippen LogP contribution >= 0.6 is 12.4 Å². The molecule has 2 heterocycles. The van der Waals surface area contributed by atoms with E-state index < -0.39 is 0 Å². The maximum absolute atomic E-state index is 6.21. The van der Waals surface area contributed by atoms with Gasteiger partial charge in [0.05, 0.1) is 0 Å². The lowest BCUT2D eigenvalue weighted by molar-refractivity contribution is 0.162. The highest BCUT2D eigenvalue weighted by atomic mass is 35.5. The number of rotatable bonds is 4. The van der Waals surface area contributed by atoms with Crippen LogP contribution in [0.5, 0.6) is 5.75 Å². The zero-order valence-corrected chi connectivity index (χ0v) is 15.0. The Balaban J connectivity index is 0.00000182. The molecule has 1 aromatic heterocycles. The summed E-state index contributed by atoms with van der Waals surface area (Å²) in [6, 6.07) is 16.9. The van der Waals surface area contributed by atoms with Gasteiger partial charge in [-0.2, -0.15) is 0 Å². The number of pyridine rings is 1. The van der Waals surface area contributed by atoms with Crippen molar-refractivity contribution in [2.45, 2.75) is 25.4 Å². The van der Waals surface area contributed by atoms with Crippen molar-refractivity contribution in [3.8, 4) is 5.75 Å². The average molecular weight is 355 g/mol. The van der Waals surface area contributed by atoms with Crippen molar-refractivity contribution in [1.82, 2.24) is 10.3 Å². The molecule has 0 amide bonds. The summed E-state index contributed by atoms with van der Waals surface area (Å²) in [4.78, 5) is 4.41. The third-order valence-electron chi connectivity index (χ3n) is 4.64. The standard InChI is InChI=1S/C21H22N2O.ClH/c1-2-4-16(5-3-1)12-18-15-23-14-17-6-7-20(13-21(17)18)24-19-8-10-22-11-9-19;/h1-7,13-15,19,22H,8-12H2;1H. The highest BCUT2D eigenvalue weighted by Crippen LogP contribution is 2.26. The van der Waals surface area contributed by atoms with Gasteiger partial charge in [0.25, 0.3) is 0 Å². The van der Waals surface area contributed by atoms with Gasteiger partial charge in [0, 0.05) is 17.8 Å². The molecule has 0 aliphatic carbocycles. The van der Waals surface area contributed by atoms with Crippen LogP contribution < -0.4 is 10.1 Å². The molecule has 4 heteroatoms. The summed E-state index contributed by atoms with van der Waals surface area (Å²) < 4.78 is 6.21. The lowest BCUT2D eigenvalue weighted by atomic mass is 10.0. The first-order chi connectivity index (χ1) is 11.9. The topological polar surface area (TPSA) is 34.1 Å². The first-order valence-electron chi connectivity index (χ1n) is 8.66. The molecule has 1 aliphatic rings. The minimum atomic E-state index is 0. The molecule has 0 unspecified atom stereocenters. The molecule has 0 atom stereocenters. The summed E-state index contributed by atoms with van der Waals surface area (Å²) in [5, 5.41) is 5.78. The summed E-state index contributed by atoms with van der Waals surface area (Å²) >= 11 is 0. The predicted molar refractivity (Wildman–Crippen MR) is 105 cm³/mol. The number of hydrogen-bond donors (Lipinski definition) is 1. The van der Waals surface area contributed by atoms with Crippen molar-refractivity contribution < 1.29 is 4.74 Å². The zero-order chi connectivity index (χ0) is 16.2. The minimum absolute atomic E-state index is 0. The highest BCUT2D eigenvalue weighted by Gasteiger charge is 2.15. The Bertz CT molecular complexity index is 816. The SMILES string of the molecule is Cl.c1ccc(Cc2cncc3ccc(OC4CCNCC4)cc23)cc1. The van der Waals surface area contributed by atoms with Gasteiger partial charge in [-0.25, -0.2) is 0 Å². The molecule has 25 heavy (non-hydrogen) atoms. The number of halogens is 1. The van der Waals surface area contributed by atoms with Gasteiger partial charge in [-0.1, -0.05) is 30.3 Å². The van der Waals surface area contributed by atoms with Gasteiger partial charge in [0.1, 0.15) is 11.9 Å². The minimum Gasteiger partial charge on any atom is -0.490 e. The van der Waals surface area contributed by atoms with Crippen LogP contribution in [-0.2, 0) is 6.42 Å². The van der Waals surface area contributed by atoms with E-state index in [-0.39, 0.29) is 12.4 Å². The van der Waals surface area contributed by atoms with Crippen molar-refractivity contribution in [3.63, 3.8) is 0 Å². The molecule has 130 valence electrons. The molecule has 1 N–H and O–H groups in total. The van der Waals surface area contributed by atoms with E-state index in [0.29, 0.717) is 6.10 Å². The maximum atomic E-state index is 6.21. The number of piperidine rings is 1. The lowest BCUT2D eigenvalue weighted by Gasteiger charge is -2.24. The van der Waals surface area contributed by atoms with Crippen LogP contribution in [0.3, 0.4) is 0 Å². The number of aromatic nitrogens is 1. The van der Waals surface area contributed by atoms with Crippen LogP contribution in [-0.4, -0.2) is 24.2 Å². The van der Waals surface area contributed by atoms with Crippen LogP contribution in [0.4, 0.5) is 0 Å². The molecule has 0 spiro atoms. The van der Waals surface area contributed by atoms with Crippen LogP contribution in [0.15, 0.2) is 60.9 Å². The number of hydrogen-bond acceptors (Lipinski definition) is 3. The summed E-state index contributed by atoms with van der Waals surface area (Å²) in [5.74, 6) is 0.968. The van der Waals surface area contributed by atoms with Crippen molar-refractivity contribution >= 4 is 23.2 Å². The molecule has 1 aliphatic heterocycles. The Morgan fingerprint density at radius 1 is 1.00 bits per heavy atom. The Kier molecular flexibility index (Phi) is 5.90. The fourth-order valence-electron chi connectivity index (χ4n) is 3.34. The van der Waals surface area contributed by atoms with Crippen molar-refractivity contribution in [2.24, 2.45) is 0 Å². The van der Waals surface area contributed by atoms with E-state index in [1.165, 1.54) is 21.9 Å². The van der Waals surface area contributed by atoms with E-state index in [0.717, 1.165) is 38.1 Å². The van der Waals surface area contributed by atoms with Crippen LogP contribution in [0.1, 0.15) is 24.0 Å². The Hall–Kier alpha value is -2.10. The summed E-state index contributed by atoms with van der Waals surface area (Å²) in [6.45, 7) is 2.09. The second-order valence-corrected chi connectivity index (χ2v) is 6.41. The summed E-state index contributed by atoms with van der Waals surface area (Å²) in [6.07, 6.45) is 7.27.